The van der Waals surface area contributed by atoms with Crippen LogP contribution in [0.3, 0.4) is 0 Å². The first-order valence-electron chi connectivity index (χ1n) is 6.26. The normalized spacial score (nSPS) is 10.8. The van der Waals surface area contributed by atoms with Crippen LogP contribution in [0.2, 0.25) is 0 Å². The molecule has 0 unspecified atom stereocenters. The zero-order valence-electron chi connectivity index (χ0n) is 11.0. The summed E-state index contributed by atoms with van der Waals surface area (Å²) in [5, 5.41) is 0.518. The predicted octanol–water partition coefficient (Wildman–Crippen LogP) is 2.69. The number of pyridine rings is 1. The number of hydrogen-bond donors (Lipinski definition) is 0. The molecule has 0 N–H and O–H groups in total. The summed E-state index contributed by atoms with van der Waals surface area (Å²) < 4.78 is 1.46. The van der Waals surface area contributed by atoms with Gasteiger partial charge in [-0.05, 0) is 30.2 Å². The molecule has 0 saturated heterocycles. The molecule has 2 aromatic heterocycles. The Morgan fingerprint density at radius 3 is 2.75 bits per heavy atom. The summed E-state index contributed by atoms with van der Waals surface area (Å²) in [5.41, 5.74) is 2.61. The second kappa shape index (κ2) is 5.46. The second-order valence-electron chi connectivity index (χ2n) is 4.50. The van der Waals surface area contributed by atoms with Crippen molar-refractivity contribution in [3.05, 3.63) is 70.3 Å². The van der Waals surface area contributed by atoms with E-state index < -0.39 is 0 Å². The molecular formula is C15H13N3OS. The molecule has 5 heteroatoms. The van der Waals surface area contributed by atoms with Crippen LogP contribution in [-0.2, 0) is 5.75 Å². The fourth-order valence-electron chi connectivity index (χ4n) is 1.88. The van der Waals surface area contributed by atoms with Gasteiger partial charge >= 0.3 is 5.69 Å². The molecule has 0 radical (unpaired) electrons. The molecule has 0 fully saturated rings. The van der Waals surface area contributed by atoms with Gasteiger partial charge in [-0.3, -0.25) is 4.40 Å². The third-order valence-electron chi connectivity index (χ3n) is 2.91. The lowest BCUT2D eigenvalue weighted by atomic mass is 10.2. The number of benzene rings is 1. The van der Waals surface area contributed by atoms with Crippen LogP contribution in [0.4, 0.5) is 0 Å². The molecule has 3 aromatic rings. The first-order valence-corrected chi connectivity index (χ1v) is 7.25. The van der Waals surface area contributed by atoms with E-state index in [0.29, 0.717) is 10.8 Å². The lowest BCUT2D eigenvalue weighted by Gasteiger charge is -2.03. The van der Waals surface area contributed by atoms with Crippen molar-refractivity contribution in [2.45, 2.75) is 17.8 Å². The van der Waals surface area contributed by atoms with Crippen LogP contribution in [0.25, 0.3) is 5.65 Å². The molecule has 0 aliphatic carbocycles. The van der Waals surface area contributed by atoms with Gasteiger partial charge in [0.15, 0.2) is 5.16 Å². The average Bonchev–Trinajstić information content (AvgIpc) is 2.46. The number of rotatable bonds is 3. The number of thioether (sulfide) groups is 1. The standard InChI is InChI=1S/C15H13N3OS/c1-11-7-8-18-13(9-11)16-14(17-15(18)19)20-10-12-5-3-2-4-6-12/h2-9H,10H2,1H3. The van der Waals surface area contributed by atoms with E-state index >= 15 is 0 Å². The van der Waals surface area contributed by atoms with Gasteiger partial charge in [-0.15, -0.1) is 0 Å². The minimum absolute atomic E-state index is 0.287. The molecule has 20 heavy (non-hydrogen) atoms. The summed E-state index contributed by atoms with van der Waals surface area (Å²) in [4.78, 5) is 20.4. The topological polar surface area (TPSA) is 47.3 Å². The molecule has 2 heterocycles. The minimum atomic E-state index is -0.287. The zero-order chi connectivity index (χ0) is 13.9. The van der Waals surface area contributed by atoms with Crippen LogP contribution < -0.4 is 5.69 Å². The number of aromatic nitrogens is 3. The van der Waals surface area contributed by atoms with Crippen molar-refractivity contribution in [1.29, 1.82) is 0 Å². The number of aryl methyl sites for hydroxylation is 1. The molecule has 0 spiro atoms. The van der Waals surface area contributed by atoms with Gasteiger partial charge in [0, 0.05) is 11.9 Å². The van der Waals surface area contributed by atoms with Crippen LogP contribution in [0.15, 0.2) is 58.6 Å². The molecule has 0 bridgehead atoms. The van der Waals surface area contributed by atoms with Crippen molar-refractivity contribution in [1.82, 2.24) is 14.4 Å². The third-order valence-corrected chi connectivity index (χ3v) is 3.83. The van der Waals surface area contributed by atoms with Crippen molar-refractivity contribution in [3.8, 4) is 0 Å². The molecular weight excluding hydrogens is 270 g/mol. The Morgan fingerprint density at radius 2 is 1.95 bits per heavy atom. The highest BCUT2D eigenvalue weighted by Gasteiger charge is 2.05. The van der Waals surface area contributed by atoms with Gasteiger partial charge in [0.2, 0.25) is 0 Å². The van der Waals surface area contributed by atoms with E-state index in [4.69, 9.17) is 0 Å². The molecule has 1 aromatic carbocycles. The molecule has 4 nitrogen and oxygen atoms in total. The van der Waals surface area contributed by atoms with Crippen LogP contribution in [-0.4, -0.2) is 14.4 Å². The molecule has 0 saturated carbocycles. The van der Waals surface area contributed by atoms with Crippen LogP contribution in [0.1, 0.15) is 11.1 Å². The van der Waals surface area contributed by atoms with E-state index in [1.54, 1.807) is 6.20 Å². The summed E-state index contributed by atoms with van der Waals surface area (Å²) in [6.07, 6.45) is 1.71. The Bertz CT molecular complexity index is 799. The molecule has 100 valence electrons. The van der Waals surface area contributed by atoms with E-state index in [9.17, 15) is 4.79 Å². The van der Waals surface area contributed by atoms with Crippen LogP contribution in [0, 0.1) is 6.92 Å². The first-order chi connectivity index (χ1) is 9.72. The van der Waals surface area contributed by atoms with Crippen LogP contribution >= 0.6 is 11.8 Å². The van der Waals surface area contributed by atoms with Crippen molar-refractivity contribution in [2.24, 2.45) is 0 Å². The second-order valence-corrected chi connectivity index (χ2v) is 5.44. The van der Waals surface area contributed by atoms with Gasteiger partial charge in [0.1, 0.15) is 5.65 Å². The highest BCUT2D eigenvalue weighted by molar-refractivity contribution is 7.98. The average molecular weight is 283 g/mol. The quantitative estimate of drug-likeness (QED) is 0.693. The maximum absolute atomic E-state index is 11.9. The highest BCUT2D eigenvalue weighted by atomic mass is 32.2. The van der Waals surface area contributed by atoms with Gasteiger partial charge in [0.05, 0.1) is 0 Å². The van der Waals surface area contributed by atoms with E-state index in [0.717, 1.165) is 11.3 Å². The van der Waals surface area contributed by atoms with E-state index in [1.165, 1.54) is 21.7 Å². The lowest BCUT2D eigenvalue weighted by Crippen LogP contribution is -2.19. The van der Waals surface area contributed by atoms with Gasteiger partial charge in [-0.2, -0.15) is 4.98 Å². The monoisotopic (exact) mass is 283 g/mol. The van der Waals surface area contributed by atoms with Gasteiger partial charge in [-0.25, -0.2) is 9.78 Å². The van der Waals surface area contributed by atoms with E-state index in [2.05, 4.69) is 9.97 Å². The van der Waals surface area contributed by atoms with Crippen molar-refractivity contribution < 1.29 is 0 Å². The van der Waals surface area contributed by atoms with Gasteiger partial charge < -0.3 is 0 Å². The van der Waals surface area contributed by atoms with Crippen molar-refractivity contribution in [3.63, 3.8) is 0 Å². The fraction of sp³-hybridized carbons (Fsp3) is 0.133. The molecule has 3 rings (SSSR count). The van der Waals surface area contributed by atoms with E-state index in [1.807, 2.05) is 49.4 Å². The minimum Gasteiger partial charge on any atom is -0.251 e. The molecule has 0 aliphatic rings. The summed E-state index contributed by atoms with van der Waals surface area (Å²) >= 11 is 1.47. The fourth-order valence-corrected chi connectivity index (χ4v) is 2.67. The molecule has 0 atom stereocenters. The van der Waals surface area contributed by atoms with Crippen molar-refractivity contribution in [2.75, 3.05) is 0 Å². The smallest absolute Gasteiger partial charge is 0.251 e. The Morgan fingerprint density at radius 1 is 1.15 bits per heavy atom. The SMILES string of the molecule is Cc1ccn2c(=O)nc(SCc3ccccc3)nc2c1. The number of fused-ring (bicyclic) bond motifs is 1. The summed E-state index contributed by atoms with van der Waals surface area (Å²) in [6.45, 7) is 1.98. The van der Waals surface area contributed by atoms with Gasteiger partial charge in [0.25, 0.3) is 0 Å². The largest absolute Gasteiger partial charge is 0.355 e. The third kappa shape index (κ3) is 2.72. The highest BCUT2D eigenvalue weighted by Crippen LogP contribution is 2.18. The Hall–Kier alpha value is -2.14. The predicted molar refractivity (Wildman–Crippen MR) is 80.0 cm³/mol. The summed E-state index contributed by atoms with van der Waals surface area (Å²) in [7, 11) is 0. The maximum Gasteiger partial charge on any atom is 0.355 e. The number of nitrogens with zero attached hydrogens (tertiary/aromatic N) is 3. The maximum atomic E-state index is 11.9. The molecule has 0 amide bonds. The van der Waals surface area contributed by atoms with Crippen molar-refractivity contribution >= 4 is 17.4 Å². The van der Waals surface area contributed by atoms with Crippen LogP contribution in [0.5, 0.6) is 0 Å². The lowest BCUT2D eigenvalue weighted by molar-refractivity contribution is 0.845. The van der Waals surface area contributed by atoms with E-state index in [-0.39, 0.29) is 5.69 Å². The number of hydrogen-bond acceptors (Lipinski definition) is 4. The summed E-state index contributed by atoms with van der Waals surface area (Å²) in [6, 6.07) is 13.8. The Labute approximate surface area is 120 Å². The first kappa shape index (κ1) is 12.9. The zero-order valence-corrected chi connectivity index (χ0v) is 11.8. The summed E-state index contributed by atoms with van der Waals surface area (Å²) in [5.74, 6) is 0.752. The van der Waals surface area contributed by atoms with Gasteiger partial charge in [-0.1, -0.05) is 42.1 Å². The molecule has 0 aliphatic heterocycles. The Kier molecular flexibility index (Phi) is 3.52. The Balaban J connectivity index is 1.90.